The molecule has 0 saturated carbocycles. The third kappa shape index (κ3) is 2.52. The van der Waals surface area contributed by atoms with E-state index in [4.69, 9.17) is 4.74 Å². The summed E-state index contributed by atoms with van der Waals surface area (Å²) in [7, 11) is 0. The first-order valence-electron chi connectivity index (χ1n) is 5.41. The summed E-state index contributed by atoms with van der Waals surface area (Å²) >= 11 is 1.50. The predicted octanol–water partition coefficient (Wildman–Crippen LogP) is 2.07. The van der Waals surface area contributed by atoms with Gasteiger partial charge in [-0.3, -0.25) is 0 Å². The molecule has 0 aliphatic heterocycles. The molecule has 5 nitrogen and oxygen atoms in total. The third-order valence-electron chi connectivity index (χ3n) is 2.19. The zero-order chi connectivity index (χ0) is 12.3. The van der Waals surface area contributed by atoms with Crippen LogP contribution in [0.25, 0.3) is 5.13 Å². The molecule has 2 rings (SSSR count). The number of hydrogen-bond acceptors (Lipinski definition) is 5. The van der Waals surface area contributed by atoms with E-state index in [2.05, 4.69) is 10.1 Å². The van der Waals surface area contributed by atoms with Gasteiger partial charge in [-0.1, -0.05) is 6.92 Å². The van der Waals surface area contributed by atoms with E-state index in [1.807, 2.05) is 12.3 Å². The van der Waals surface area contributed by atoms with Gasteiger partial charge in [-0.2, -0.15) is 5.10 Å². The molecule has 0 spiro atoms. The fourth-order valence-electron chi connectivity index (χ4n) is 1.31. The van der Waals surface area contributed by atoms with Crippen LogP contribution in [0.15, 0.2) is 17.8 Å². The SMILES string of the molecule is CCOC(=O)c1cnn(-c2nc(CC)cs2)c1. The van der Waals surface area contributed by atoms with E-state index in [-0.39, 0.29) is 5.97 Å². The number of aromatic nitrogens is 3. The van der Waals surface area contributed by atoms with Gasteiger partial charge in [0.2, 0.25) is 5.13 Å². The van der Waals surface area contributed by atoms with Crippen LogP contribution in [0.3, 0.4) is 0 Å². The molecule has 0 saturated heterocycles. The van der Waals surface area contributed by atoms with Gasteiger partial charge in [-0.15, -0.1) is 11.3 Å². The summed E-state index contributed by atoms with van der Waals surface area (Å²) in [6.07, 6.45) is 4.02. The van der Waals surface area contributed by atoms with E-state index in [1.54, 1.807) is 17.8 Å². The molecule has 0 unspecified atom stereocenters. The summed E-state index contributed by atoms with van der Waals surface area (Å²) < 4.78 is 6.49. The maximum absolute atomic E-state index is 11.5. The first kappa shape index (κ1) is 11.8. The highest BCUT2D eigenvalue weighted by molar-refractivity contribution is 7.12. The quantitative estimate of drug-likeness (QED) is 0.780. The number of carbonyl (C=O) groups excluding carboxylic acids is 1. The van der Waals surface area contributed by atoms with Crippen molar-refractivity contribution < 1.29 is 9.53 Å². The number of thiazole rings is 1. The molecule has 6 heteroatoms. The molecule has 0 aromatic carbocycles. The summed E-state index contributed by atoms with van der Waals surface area (Å²) in [5.41, 5.74) is 1.47. The van der Waals surface area contributed by atoms with E-state index >= 15 is 0 Å². The Morgan fingerprint density at radius 3 is 3.00 bits per heavy atom. The monoisotopic (exact) mass is 251 g/mol. The molecule has 17 heavy (non-hydrogen) atoms. The van der Waals surface area contributed by atoms with Crippen molar-refractivity contribution in [3.63, 3.8) is 0 Å². The smallest absolute Gasteiger partial charge is 0.341 e. The van der Waals surface area contributed by atoms with Gasteiger partial charge in [0.1, 0.15) is 0 Å². The fraction of sp³-hybridized carbons (Fsp3) is 0.364. The Hall–Kier alpha value is -1.69. The standard InChI is InChI=1S/C11H13N3O2S/c1-3-9-7-17-11(13-9)14-6-8(5-12-14)10(15)16-4-2/h5-7H,3-4H2,1-2H3. The number of nitrogens with zero attached hydrogens (tertiary/aromatic N) is 3. The molecule has 2 heterocycles. The Bertz CT molecular complexity index is 518. The molecule has 90 valence electrons. The molecular weight excluding hydrogens is 238 g/mol. The lowest BCUT2D eigenvalue weighted by molar-refractivity contribution is 0.0526. The van der Waals surface area contributed by atoms with E-state index in [9.17, 15) is 4.79 Å². The van der Waals surface area contributed by atoms with Crippen LogP contribution < -0.4 is 0 Å². The highest BCUT2D eigenvalue weighted by Gasteiger charge is 2.11. The number of carbonyl (C=O) groups is 1. The zero-order valence-electron chi connectivity index (χ0n) is 9.71. The Morgan fingerprint density at radius 2 is 2.35 bits per heavy atom. The first-order chi connectivity index (χ1) is 8.24. The van der Waals surface area contributed by atoms with Crippen molar-refractivity contribution in [3.05, 3.63) is 29.0 Å². The summed E-state index contributed by atoms with van der Waals surface area (Å²) in [5, 5.41) is 6.85. The second-order valence-electron chi connectivity index (χ2n) is 3.37. The largest absolute Gasteiger partial charge is 0.462 e. The van der Waals surface area contributed by atoms with Crippen LogP contribution >= 0.6 is 11.3 Å². The highest BCUT2D eigenvalue weighted by atomic mass is 32.1. The van der Waals surface area contributed by atoms with Gasteiger partial charge in [-0.25, -0.2) is 14.5 Å². The first-order valence-corrected chi connectivity index (χ1v) is 6.29. The van der Waals surface area contributed by atoms with Crippen molar-refractivity contribution in [2.24, 2.45) is 0 Å². The summed E-state index contributed by atoms with van der Waals surface area (Å²) in [5.74, 6) is -0.356. The second-order valence-corrected chi connectivity index (χ2v) is 4.21. The highest BCUT2D eigenvalue weighted by Crippen LogP contribution is 2.15. The summed E-state index contributed by atoms with van der Waals surface area (Å²) in [6.45, 7) is 4.18. The molecule has 0 aliphatic carbocycles. The lowest BCUT2D eigenvalue weighted by atomic mass is 10.4. The molecule has 0 N–H and O–H groups in total. The predicted molar refractivity (Wildman–Crippen MR) is 64.6 cm³/mol. The average Bonchev–Trinajstić information content (AvgIpc) is 2.98. The zero-order valence-corrected chi connectivity index (χ0v) is 10.5. The maximum atomic E-state index is 11.5. The van der Waals surface area contributed by atoms with E-state index in [0.717, 1.165) is 17.2 Å². The van der Waals surface area contributed by atoms with Crippen molar-refractivity contribution >= 4 is 17.3 Å². The van der Waals surface area contributed by atoms with E-state index in [1.165, 1.54) is 17.5 Å². The number of rotatable bonds is 4. The molecular formula is C11H13N3O2S. The van der Waals surface area contributed by atoms with E-state index in [0.29, 0.717) is 12.2 Å². The molecule has 0 aliphatic rings. The molecule has 0 bridgehead atoms. The summed E-state index contributed by atoms with van der Waals surface area (Å²) in [6, 6.07) is 0. The van der Waals surface area contributed by atoms with E-state index < -0.39 is 0 Å². The van der Waals surface area contributed by atoms with Crippen molar-refractivity contribution in [2.75, 3.05) is 6.61 Å². The molecule has 0 radical (unpaired) electrons. The fourth-order valence-corrected chi connectivity index (χ4v) is 2.15. The van der Waals surface area contributed by atoms with Gasteiger partial charge in [0, 0.05) is 11.6 Å². The number of hydrogen-bond donors (Lipinski definition) is 0. The van der Waals surface area contributed by atoms with Crippen LogP contribution in [0.4, 0.5) is 0 Å². The van der Waals surface area contributed by atoms with Crippen LogP contribution in [0.5, 0.6) is 0 Å². The number of aryl methyl sites for hydroxylation is 1. The molecule has 0 atom stereocenters. The van der Waals surface area contributed by atoms with Crippen LogP contribution in [0.2, 0.25) is 0 Å². The number of esters is 1. The normalized spacial score (nSPS) is 10.5. The molecule has 0 amide bonds. The minimum Gasteiger partial charge on any atom is -0.462 e. The minimum absolute atomic E-state index is 0.356. The van der Waals surface area contributed by atoms with Gasteiger partial charge in [-0.05, 0) is 13.3 Å². The Kier molecular flexibility index (Phi) is 3.53. The topological polar surface area (TPSA) is 57.0 Å². The Labute approximate surface area is 103 Å². The third-order valence-corrected chi connectivity index (χ3v) is 3.07. The van der Waals surface area contributed by atoms with Gasteiger partial charge >= 0.3 is 5.97 Å². The van der Waals surface area contributed by atoms with Crippen LogP contribution in [-0.4, -0.2) is 27.3 Å². The Morgan fingerprint density at radius 1 is 1.53 bits per heavy atom. The average molecular weight is 251 g/mol. The molecule has 2 aromatic heterocycles. The summed E-state index contributed by atoms with van der Waals surface area (Å²) in [4.78, 5) is 15.8. The van der Waals surface area contributed by atoms with Crippen LogP contribution in [0.1, 0.15) is 29.9 Å². The Balaban J connectivity index is 2.20. The molecule has 0 fully saturated rings. The van der Waals surface area contributed by atoms with Crippen molar-refractivity contribution in [1.82, 2.24) is 14.8 Å². The van der Waals surface area contributed by atoms with Crippen molar-refractivity contribution in [3.8, 4) is 5.13 Å². The second kappa shape index (κ2) is 5.09. The van der Waals surface area contributed by atoms with Crippen LogP contribution in [-0.2, 0) is 11.2 Å². The van der Waals surface area contributed by atoms with Crippen molar-refractivity contribution in [2.45, 2.75) is 20.3 Å². The lowest BCUT2D eigenvalue weighted by Crippen LogP contribution is -2.03. The minimum atomic E-state index is -0.356. The lowest BCUT2D eigenvalue weighted by Gasteiger charge is -1.96. The number of ether oxygens (including phenoxy) is 1. The maximum Gasteiger partial charge on any atom is 0.341 e. The van der Waals surface area contributed by atoms with Crippen molar-refractivity contribution in [1.29, 1.82) is 0 Å². The van der Waals surface area contributed by atoms with Gasteiger partial charge < -0.3 is 4.74 Å². The van der Waals surface area contributed by atoms with Gasteiger partial charge in [0.15, 0.2) is 0 Å². The molecule has 2 aromatic rings. The van der Waals surface area contributed by atoms with Gasteiger partial charge in [0.25, 0.3) is 0 Å². The van der Waals surface area contributed by atoms with Crippen LogP contribution in [0, 0.1) is 0 Å². The van der Waals surface area contributed by atoms with Gasteiger partial charge in [0.05, 0.1) is 24.1 Å².